The Morgan fingerprint density at radius 2 is 1.70 bits per heavy atom. The van der Waals surface area contributed by atoms with Crippen LogP contribution >= 0.6 is 23.2 Å². The summed E-state index contributed by atoms with van der Waals surface area (Å²) in [5.41, 5.74) is 0.124. The van der Waals surface area contributed by atoms with E-state index in [0.717, 1.165) is 6.08 Å². The van der Waals surface area contributed by atoms with Crippen molar-refractivity contribution >= 4 is 44.7 Å². The van der Waals surface area contributed by atoms with E-state index in [1.165, 1.54) is 19.1 Å². The predicted molar refractivity (Wildman–Crippen MR) is 78.6 cm³/mol. The van der Waals surface area contributed by atoms with Crippen LogP contribution in [0.3, 0.4) is 0 Å². The van der Waals surface area contributed by atoms with E-state index in [2.05, 4.69) is 4.40 Å². The van der Waals surface area contributed by atoms with Crippen molar-refractivity contribution in [1.29, 1.82) is 0 Å². The molecular formula is C13H9Cl2NO3S. The first-order chi connectivity index (χ1) is 9.33. The van der Waals surface area contributed by atoms with Gasteiger partial charge < -0.3 is 0 Å². The Labute approximate surface area is 126 Å². The molecule has 0 heterocycles. The number of carbonyl (C=O) groups is 1. The molecule has 0 radical (unpaired) electrons. The van der Waals surface area contributed by atoms with Gasteiger partial charge in [0.15, 0.2) is 0 Å². The molecule has 0 fully saturated rings. The Morgan fingerprint density at radius 3 is 2.30 bits per heavy atom. The second kappa shape index (κ2) is 5.52. The van der Waals surface area contributed by atoms with Crippen molar-refractivity contribution in [3.05, 3.63) is 52.0 Å². The first-order valence-electron chi connectivity index (χ1n) is 5.51. The van der Waals surface area contributed by atoms with Gasteiger partial charge in [-0.15, -0.1) is 0 Å². The minimum absolute atomic E-state index is 0.0149. The van der Waals surface area contributed by atoms with E-state index in [1.54, 1.807) is 18.2 Å². The third-order valence-electron chi connectivity index (χ3n) is 2.63. The molecule has 2 rings (SSSR count). The van der Waals surface area contributed by atoms with E-state index < -0.39 is 15.8 Å². The lowest BCUT2D eigenvalue weighted by molar-refractivity contribution is -0.111. The monoisotopic (exact) mass is 329 g/mol. The number of allylic oxidation sites excluding steroid dienone is 4. The number of rotatable bonds is 2. The number of sulfonamides is 1. The van der Waals surface area contributed by atoms with Crippen LogP contribution < -0.4 is 0 Å². The Kier molecular flexibility index (Phi) is 4.13. The second-order valence-corrected chi connectivity index (χ2v) is 6.41. The average Bonchev–Trinajstić information content (AvgIpc) is 2.43. The lowest BCUT2D eigenvalue weighted by atomic mass is 10.0. The van der Waals surface area contributed by atoms with Crippen LogP contribution in [0, 0.1) is 0 Å². The SMILES string of the molecule is CC1=C(Cl)/C(=N/S(=O)(=O)c2ccccc2)C=C(Cl)C1=O. The summed E-state index contributed by atoms with van der Waals surface area (Å²) in [6, 6.07) is 7.71. The molecule has 1 aromatic rings. The summed E-state index contributed by atoms with van der Waals surface area (Å²) in [5.74, 6) is -0.437. The molecule has 4 nitrogen and oxygen atoms in total. The Bertz CT molecular complexity index is 762. The minimum Gasteiger partial charge on any atom is -0.288 e. The highest BCUT2D eigenvalue weighted by atomic mass is 35.5. The van der Waals surface area contributed by atoms with Gasteiger partial charge in [-0.05, 0) is 25.1 Å². The van der Waals surface area contributed by atoms with E-state index in [4.69, 9.17) is 23.2 Å². The van der Waals surface area contributed by atoms with Crippen molar-refractivity contribution in [2.24, 2.45) is 4.40 Å². The van der Waals surface area contributed by atoms with Gasteiger partial charge in [-0.2, -0.15) is 12.8 Å². The van der Waals surface area contributed by atoms with Crippen molar-refractivity contribution in [3.8, 4) is 0 Å². The molecule has 1 aromatic carbocycles. The fourth-order valence-corrected chi connectivity index (χ4v) is 3.05. The zero-order valence-electron chi connectivity index (χ0n) is 10.3. The van der Waals surface area contributed by atoms with Gasteiger partial charge in [0.2, 0.25) is 5.78 Å². The van der Waals surface area contributed by atoms with Gasteiger partial charge in [-0.3, -0.25) is 4.79 Å². The third-order valence-corrected chi connectivity index (χ3v) is 4.70. The number of carbonyl (C=O) groups excluding carboxylic acids is 1. The highest BCUT2D eigenvalue weighted by molar-refractivity contribution is 7.90. The van der Waals surface area contributed by atoms with Crippen LogP contribution in [0.4, 0.5) is 0 Å². The number of nitrogens with zero attached hydrogens (tertiary/aromatic N) is 1. The summed E-state index contributed by atoms with van der Waals surface area (Å²) < 4.78 is 27.9. The van der Waals surface area contributed by atoms with Crippen molar-refractivity contribution in [3.63, 3.8) is 0 Å². The van der Waals surface area contributed by atoms with Crippen molar-refractivity contribution < 1.29 is 13.2 Å². The number of ketones is 1. The smallest absolute Gasteiger partial charge is 0.282 e. The van der Waals surface area contributed by atoms with Gasteiger partial charge in [-0.1, -0.05) is 41.4 Å². The van der Waals surface area contributed by atoms with Crippen LogP contribution in [0.15, 0.2) is 61.3 Å². The van der Waals surface area contributed by atoms with Crippen LogP contribution in [-0.2, 0) is 14.8 Å². The molecule has 20 heavy (non-hydrogen) atoms. The molecule has 0 aromatic heterocycles. The maximum Gasteiger partial charge on any atom is 0.282 e. The number of hydrogen-bond donors (Lipinski definition) is 0. The summed E-state index contributed by atoms with van der Waals surface area (Å²) in [5, 5.41) is -0.132. The maximum absolute atomic E-state index is 12.1. The summed E-state index contributed by atoms with van der Waals surface area (Å²) in [4.78, 5) is 11.6. The van der Waals surface area contributed by atoms with Gasteiger partial charge in [0.25, 0.3) is 10.0 Å². The molecule has 0 unspecified atom stereocenters. The largest absolute Gasteiger partial charge is 0.288 e. The molecule has 104 valence electrons. The molecular weight excluding hydrogens is 321 g/mol. The van der Waals surface area contributed by atoms with Gasteiger partial charge in [0.1, 0.15) is 0 Å². The molecule has 0 saturated heterocycles. The van der Waals surface area contributed by atoms with Crippen LogP contribution in [0.25, 0.3) is 0 Å². The van der Waals surface area contributed by atoms with Gasteiger partial charge in [0.05, 0.1) is 20.7 Å². The fraction of sp³-hybridized carbons (Fsp3) is 0.0769. The quantitative estimate of drug-likeness (QED) is 0.783. The highest BCUT2D eigenvalue weighted by Gasteiger charge is 2.24. The molecule has 0 amide bonds. The second-order valence-electron chi connectivity index (χ2n) is 4.03. The van der Waals surface area contributed by atoms with Crippen molar-refractivity contribution in [2.45, 2.75) is 11.8 Å². The van der Waals surface area contributed by atoms with Crippen molar-refractivity contribution in [1.82, 2.24) is 0 Å². The summed E-state index contributed by atoms with van der Waals surface area (Å²) in [7, 11) is -3.90. The van der Waals surface area contributed by atoms with E-state index in [0.29, 0.717) is 0 Å². The normalized spacial score (nSPS) is 18.4. The number of Topliss-reactive ketones (excluding diaryl/α,β-unsaturated/α-hetero) is 1. The number of halogens is 2. The molecule has 7 heteroatoms. The van der Waals surface area contributed by atoms with Gasteiger partial charge in [0, 0.05) is 5.57 Å². The first kappa shape index (κ1) is 15.0. The first-order valence-corrected chi connectivity index (χ1v) is 7.71. The topological polar surface area (TPSA) is 63.6 Å². The molecule has 0 atom stereocenters. The number of benzene rings is 1. The third kappa shape index (κ3) is 2.85. The van der Waals surface area contributed by atoms with Crippen LogP contribution in [0.5, 0.6) is 0 Å². The van der Waals surface area contributed by atoms with Crippen LogP contribution in [0.1, 0.15) is 6.92 Å². The average molecular weight is 330 g/mol. The zero-order chi connectivity index (χ0) is 14.9. The lowest BCUT2D eigenvalue weighted by Crippen LogP contribution is -2.14. The molecule has 1 aliphatic carbocycles. The Morgan fingerprint density at radius 1 is 1.10 bits per heavy atom. The van der Waals surface area contributed by atoms with Crippen molar-refractivity contribution in [2.75, 3.05) is 0 Å². The van der Waals surface area contributed by atoms with E-state index >= 15 is 0 Å². The van der Waals surface area contributed by atoms with E-state index in [9.17, 15) is 13.2 Å². The van der Waals surface area contributed by atoms with E-state index in [1.807, 2.05) is 0 Å². The van der Waals surface area contributed by atoms with Crippen LogP contribution in [0.2, 0.25) is 0 Å². The van der Waals surface area contributed by atoms with E-state index in [-0.39, 0.29) is 26.2 Å². The minimum atomic E-state index is -3.90. The summed E-state index contributed by atoms with van der Waals surface area (Å²) >= 11 is 11.7. The molecule has 1 aliphatic rings. The predicted octanol–water partition coefficient (Wildman–Crippen LogP) is 3.03. The van der Waals surface area contributed by atoms with Crippen LogP contribution in [-0.4, -0.2) is 19.9 Å². The lowest BCUT2D eigenvalue weighted by Gasteiger charge is -2.11. The molecule has 0 spiro atoms. The molecule has 0 bridgehead atoms. The summed E-state index contributed by atoms with van der Waals surface area (Å²) in [6.07, 6.45) is 1.15. The zero-order valence-corrected chi connectivity index (χ0v) is 12.6. The number of hydrogen-bond acceptors (Lipinski definition) is 3. The maximum atomic E-state index is 12.1. The van der Waals surface area contributed by atoms with Gasteiger partial charge in [-0.25, -0.2) is 0 Å². The fourth-order valence-electron chi connectivity index (χ4n) is 1.56. The highest BCUT2D eigenvalue weighted by Crippen LogP contribution is 2.26. The van der Waals surface area contributed by atoms with Gasteiger partial charge >= 0.3 is 0 Å². The molecule has 0 saturated carbocycles. The molecule has 0 aliphatic heterocycles. The summed E-state index contributed by atoms with van der Waals surface area (Å²) in [6.45, 7) is 1.46. The molecule has 0 N–H and O–H groups in total. The Hall–Kier alpha value is -1.43. The standard InChI is InChI=1S/C13H9Cl2NO3S/c1-8-12(15)11(7-10(14)13(8)17)16-20(18,19)9-5-3-2-4-6-9/h2-7H,1H3/b16-11+. The Balaban J connectivity index is 2.54.